The Bertz CT molecular complexity index is 388. The third-order valence-electron chi connectivity index (χ3n) is 2.42. The maximum absolute atomic E-state index is 5.05. The molecule has 1 aromatic heterocycles. The molecule has 2 rings (SSSR count). The van der Waals surface area contributed by atoms with Crippen LogP contribution in [-0.4, -0.2) is 29.5 Å². The molecular weight excluding hydrogens is 200 g/mol. The summed E-state index contributed by atoms with van der Waals surface area (Å²) in [5, 5.41) is 2.10. The number of nitrogens with zero attached hydrogens (tertiary/aromatic N) is 1. The summed E-state index contributed by atoms with van der Waals surface area (Å²) < 4.78 is 0.859. The molecular formula is C9H12N2S2. The van der Waals surface area contributed by atoms with Gasteiger partial charge >= 0.3 is 0 Å². The minimum absolute atomic E-state index is 0.539. The summed E-state index contributed by atoms with van der Waals surface area (Å²) in [4.78, 5) is 5.51. The molecule has 0 fully saturated rings. The topological polar surface area (TPSA) is 19.0 Å². The fourth-order valence-electron chi connectivity index (χ4n) is 1.50. The van der Waals surface area contributed by atoms with Crippen LogP contribution in [-0.2, 0) is 0 Å². The van der Waals surface area contributed by atoms with E-state index in [1.165, 1.54) is 11.3 Å². The second-order valence-corrected chi connectivity index (χ2v) is 4.96. The monoisotopic (exact) mass is 212 g/mol. The van der Waals surface area contributed by atoms with E-state index in [1.807, 2.05) is 0 Å². The van der Waals surface area contributed by atoms with E-state index in [1.54, 1.807) is 11.3 Å². The first kappa shape index (κ1) is 9.12. The van der Waals surface area contributed by atoms with E-state index in [0.29, 0.717) is 6.04 Å². The molecule has 1 unspecified atom stereocenters. The molecule has 1 atom stereocenters. The lowest BCUT2D eigenvalue weighted by molar-refractivity contribution is 0.354. The maximum Gasteiger partial charge on any atom is 0.158 e. The fourth-order valence-corrected chi connectivity index (χ4v) is 2.35. The van der Waals surface area contributed by atoms with Gasteiger partial charge in [-0.1, -0.05) is 6.08 Å². The van der Waals surface area contributed by atoms with Crippen molar-refractivity contribution in [2.24, 2.45) is 0 Å². The highest BCUT2D eigenvalue weighted by atomic mass is 32.1. The number of aromatic amines is 1. The molecule has 0 bridgehead atoms. The Kier molecular flexibility index (Phi) is 2.36. The average molecular weight is 212 g/mol. The highest BCUT2D eigenvalue weighted by Crippen LogP contribution is 2.23. The van der Waals surface area contributed by atoms with Gasteiger partial charge in [-0.15, -0.1) is 11.3 Å². The van der Waals surface area contributed by atoms with E-state index >= 15 is 0 Å². The minimum atomic E-state index is 0.539. The zero-order chi connectivity index (χ0) is 9.42. The maximum atomic E-state index is 5.05. The quantitative estimate of drug-likeness (QED) is 0.721. The number of hydrogen-bond donors (Lipinski definition) is 1. The van der Waals surface area contributed by atoms with E-state index in [2.05, 4.69) is 35.3 Å². The van der Waals surface area contributed by atoms with Gasteiger partial charge in [-0.25, -0.2) is 0 Å². The van der Waals surface area contributed by atoms with Gasteiger partial charge in [0.1, 0.15) is 0 Å². The summed E-state index contributed by atoms with van der Waals surface area (Å²) in [7, 11) is 2.13. The van der Waals surface area contributed by atoms with Crippen LogP contribution in [0.15, 0.2) is 11.5 Å². The molecule has 0 saturated heterocycles. The first-order valence-corrected chi connectivity index (χ1v) is 5.55. The molecule has 2 nitrogen and oxygen atoms in total. The van der Waals surface area contributed by atoms with Crippen molar-refractivity contribution in [1.29, 1.82) is 0 Å². The van der Waals surface area contributed by atoms with Gasteiger partial charge in [0.05, 0.1) is 5.69 Å². The van der Waals surface area contributed by atoms with Crippen LogP contribution >= 0.6 is 23.6 Å². The standard InChI is InChI=1S/C9H12N2S2/c1-6-3-7(4-11(6)2)8-5-13-9(12)10-8/h3,5-6H,4H2,1-2H3,(H,10,12). The summed E-state index contributed by atoms with van der Waals surface area (Å²) in [6.07, 6.45) is 2.29. The van der Waals surface area contributed by atoms with Crippen molar-refractivity contribution in [2.45, 2.75) is 13.0 Å². The molecule has 1 aromatic rings. The Hall–Kier alpha value is -0.450. The Labute approximate surface area is 86.9 Å². The molecule has 4 heteroatoms. The third-order valence-corrected chi connectivity index (χ3v) is 3.48. The largest absolute Gasteiger partial charge is 0.337 e. The van der Waals surface area contributed by atoms with Crippen LogP contribution in [0.4, 0.5) is 0 Å². The second kappa shape index (κ2) is 3.36. The lowest BCUT2D eigenvalue weighted by atomic mass is 10.2. The van der Waals surface area contributed by atoms with Gasteiger partial charge in [-0.2, -0.15) is 0 Å². The smallest absolute Gasteiger partial charge is 0.158 e. The zero-order valence-corrected chi connectivity index (χ0v) is 9.34. The number of H-pyrrole nitrogens is 1. The number of hydrogen-bond acceptors (Lipinski definition) is 3. The molecule has 2 heterocycles. The summed E-state index contributed by atoms with van der Waals surface area (Å²) in [6.45, 7) is 3.22. The predicted molar refractivity (Wildman–Crippen MR) is 59.6 cm³/mol. The van der Waals surface area contributed by atoms with Gasteiger partial charge in [0.2, 0.25) is 0 Å². The molecule has 13 heavy (non-hydrogen) atoms. The number of thiazole rings is 1. The molecule has 0 aromatic carbocycles. The van der Waals surface area contributed by atoms with Crippen LogP contribution in [0, 0.1) is 3.95 Å². The van der Waals surface area contributed by atoms with E-state index < -0.39 is 0 Å². The second-order valence-electron chi connectivity index (χ2n) is 3.41. The van der Waals surface area contributed by atoms with Crippen LogP contribution in [0.3, 0.4) is 0 Å². The number of rotatable bonds is 1. The molecule has 1 aliphatic rings. The molecule has 70 valence electrons. The first-order chi connectivity index (χ1) is 6.16. The number of aromatic nitrogens is 1. The van der Waals surface area contributed by atoms with Crippen molar-refractivity contribution < 1.29 is 0 Å². The van der Waals surface area contributed by atoms with Gasteiger partial charge < -0.3 is 4.98 Å². The summed E-state index contributed by atoms with van der Waals surface area (Å²) in [5.74, 6) is 0. The zero-order valence-electron chi connectivity index (χ0n) is 7.70. The Morgan fingerprint density at radius 3 is 2.92 bits per heavy atom. The summed E-state index contributed by atoms with van der Waals surface area (Å²) in [5.41, 5.74) is 2.55. The lowest BCUT2D eigenvalue weighted by Gasteiger charge is -2.13. The third kappa shape index (κ3) is 1.75. The van der Waals surface area contributed by atoms with E-state index in [9.17, 15) is 0 Å². The van der Waals surface area contributed by atoms with Gasteiger partial charge in [-0.3, -0.25) is 4.90 Å². The Balaban J connectivity index is 2.29. The van der Waals surface area contributed by atoms with Crippen molar-refractivity contribution in [1.82, 2.24) is 9.88 Å². The van der Waals surface area contributed by atoms with E-state index in [-0.39, 0.29) is 0 Å². The lowest BCUT2D eigenvalue weighted by Crippen LogP contribution is -2.22. The van der Waals surface area contributed by atoms with E-state index in [4.69, 9.17) is 12.2 Å². The Morgan fingerprint density at radius 1 is 1.69 bits per heavy atom. The van der Waals surface area contributed by atoms with Gasteiger partial charge in [0, 0.05) is 18.0 Å². The molecule has 0 saturated carbocycles. The normalized spacial score (nSPS) is 23.5. The van der Waals surface area contributed by atoms with Crippen molar-refractivity contribution in [3.63, 3.8) is 0 Å². The van der Waals surface area contributed by atoms with Crippen molar-refractivity contribution in [3.8, 4) is 0 Å². The van der Waals surface area contributed by atoms with Crippen LogP contribution in [0.25, 0.3) is 5.57 Å². The van der Waals surface area contributed by atoms with Crippen molar-refractivity contribution in [2.75, 3.05) is 13.6 Å². The van der Waals surface area contributed by atoms with Gasteiger partial charge in [-0.05, 0) is 31.8 Å². The molecule has 1 N–H and O–H groups in total. The Morgan fingerprint density at radius 2 is 2.46 bits per heavy atom. The van der Waals surface area contributed by atoms with Crippen LogP contribution in [0.5, 0.6) is 0 Å². The van der Waals surface area contributed by atoms with Gasteiger partial charge in [0.25, 0.3) is 0 Å². The minimum Gasteiger partial charge on any atom is -0.337 e. The van der Waals surface area contributed by atoms with Crippen molar-refractivity contribution in [3.05, 3.63) is 21.1 Å². The molecule has 0 spiro atoms. The van der Waals surface area contributed by atoms with Crippen LogP contribution in [0.2, 0.25) is 0 Å². The van der Waals surface area contributed by atoms with Crippen LogP contribution in [0.1, 0.15) is 12.6 Å². The first-order valence-electron chi connectivity index (χ1n) is 4.26. The molecule has 0 aliphatic carbocycles. The van der Waals surface area contributed by atoms with Gasteiger partial charge in [0.15, 0.2) is 3.95 Å². The highest BCUT2D eigenvalue weighted by Gasteiger charge is 2.18. The number of likely N-dealkylation sites (N-methyl/N-ethyl adjacent to an activating group) is 1. The van der Waals surface area contributed by atoms with Crippen LogP contribution < -0.4 is 0 Å². The SMILES string of the molecule is CC1C=C(c2csc(=S)[nH]2)CN1C. The summed E-state index contributed by atoms with van der Waals surface area (Å²) >= 11 is 6.64. The number of nitrogens with one attached hydrogen (secondary N) is 1. The fraction of sp³-hybridized carbons (Fsp3) is 0.444. The van der Waals surface area contributed by atoms with Crippen molar-refractivity contribution >= 4 is 29.1 Å². The average Bonchev–Trinajstić information content (AvgIpc) is 2.61. The molecule has 0 radical (unpaired) electrons. The molecule has 1 aliphatic heterocycles. The highest BCUT2D eigenvalue weighted by molar-refractivity contribution is 7.73. The predicted octanol–water partition coefficient (Wildman–Crippen LogP) is 2.52. The van der Waals surface area contributed by atoms with E-state index in [0.717, 1.165) is 10.5 Å². The summed E-state index contributed by atoms with van der Waals surface area (Å²) in [6, 6.07) is 0.539. The molecule has 0 amide bonds.